The molecule has 3 nitrogen and oxygen atoms in total. The molecule has 0 aliphatic heterocycles. The van der Waals surface area contributed by atoms with Crippen molar-refractivity contribution in [3.8, 4) is 0 Å². The van der Waals surface area contributed by atoms with E-state index < -0.39 is 0 Å². The summed E-state index contributed by atoms with van der Waals surface area (Å²) in [5.74, 6) is 0. The molecule has 1 N–H and O–H groups in total. The van der Waals surface area contributed by atoms with Gasteiger partial charge in [0, 0.05) is 26.4 Å². The smallest absolute Gasteiger partial charge is 0.0575 e. The van der Waals surface area contributed by atoms with Crippen LogP contribution in [0.25, 0.3) is 0 Å². The normalized spacial score (nSPS) is 19.1. The minimum absolute atomic E-state index is 0.548. The van der Waals surface area contributed by atoms with Gasteiger partial charge in [-0.25, -0.2) is 0 Å². The van der Waals surface area contributed by atoms with E-state index in [0.29, 0.717) is 12.1 Å². The van der Waals surface area contributed by atoms with Crippen molar-refractivity contribution in [3.05, 3.63) is 0 Å². The van der Waals surface area contributed by atoms with Crippen LogP contribution >= 0.6 is 0 Å². The summed E-state index contributed by atoms with van der Waals surface area (Å²) in [4.78, 5) is 0. The summed E-state index contributed by atoms with van der Waals surface area (Å²) in [5.41, 5.74) is 0. The highest BCUT2D eigenvalue weighted by Crippen LogP contribution is 2.20. The first-order valence-corrected chi connectivity index (χ1v) is 6.67. The van der Waals surface area contributed by atoms with E-state index in [0.717, 1.165) is 32.6 Å². The minimum atomic E-state index is 0.548. The first-order chi connectivity index (χ1) is 7.83. The summed E-state index contributed by atoms with van der Waals surface area (Å²) in [5, 5.41) is 3.48. The zero-order valence-electron chi connectivity index (χ0n) is 10.8. The summed E-state index contributed by atoms with van der Waals surface area (Å²) in [6, 6.07) is 0.548. The molecule has 0 radical (unpaired) electrons. The van der Waals surface area contributed by atoms with E-state index >= 15 is 0 Å². The van der Waals surface area contributed by atoms with E-state index in [9.17, 15) is 0 Å². The standard InChI is InChI=1S/C13H27NO2/c1-12(8-11-15-2)14-9-5-10-16-13-6-3-4-7-13/h12-14H,3-11H2,1-2H3. The lowest BCUT2D eigenvalue weighted by Crippen LogP contribution is -2.29. The van der Waals surface area contributed by atoms with Gasteiger partial charge in [0.1, 0.15) is 0 Å². The van der Waals surface area contributed by atoms with Gasteiger partial charge in [0.2, 0.25) is 0 Å². The summed E-state index contributed by atoms with van der Waals surface area (Å²) in [6.45, 7) is 5.01. The van der Waals surface area contributed by atoms with E-state index in [1.807, 2.05) is 0 Å². The Balaban J connectivity index is 1.83. The Kier molecular flexibility index (Phi) is 7.81. The number of ether oxygens (including phenoxy) is 2. The second-order valence-corrected chi connectivity index (χ2v) is 4.77. The molecule has 0 heterocycles. The summed E-state index contributed by atoms with van der Waals surface area (Å²) in [7, 11) is 1.75. The van der Waals surface area contributed by atoms with Crippen LogP contribution in [0.4, 0.5) is 0 Å². The average Bonchev–Trinajstić information content (AvgIpc) is 2.79. The van der Waals surface area contributed by atoms with Gasteiger partial charge in [0.15, 0.2) is 0 Å². The molecule has 1 saturated carbocycles. The highest BCUT2D eigenvalue weighted by molar-refractivity contribution is 4.67. The number of hydrogen-bond donors (Lipinski definition) is 1. The van der Waals surface area contributed by atoms with Crippen LogP contribution in [0.5, 0.6) is 0 Å². The predicted octanol–water partition coefficient (Wildman–Crippen LogP) is 2.35. The summed E-state index contributed by atoms with van der Waals surface area (Å²) in [6.07, 6.45) is 8.03. The Morgan fingerprint density at radius 1 is 1.25 bits per heavy atom. The van der Waals surface area contributed by atoms with Crippen molar-refractivity contribution >= 4 is 0 Å². The molecule has 0 aromatic carbocycles. The van der Waals surface area contributed by atoms with Crippen LogP contribution in [0.2, 0.25) is 0 Å². The van der Waals surface area contributed by atoms with Crippen LogP contribution in [0.1, 0.15) is 45.4 Å². The van der Waals surface area contributed by atoms with Crippen LogP contribution in [-0.2, 0) is 9.47 Å². The number of rotatable bonds is 9. The monoisotopic (exact) mass is 229 g/mol. The van der Waals surface area contributed by atoms with Crippen molar-refractivity contribution in [2.75, 3.05) is 26.9 Å². The maximum absolute atomic E-state index is 5.80. The molecule has 96 valence electrons. The molecule has 0 aromatic heterocycles. The Morgan fingerprint density at radius 2 is 2.00 bits per heavy atom. The number of methoxy groups -OCH3 is 1. The molecule has 1 aliphatic rings. The Hall–Kier alpha value is -0.120. The highest BCUT2D eigenvalue weighted by atomic mass is 16.5. The summed E-state index contributed by atoms with van der Waals surface area (Å²) < 4.78 is 10.8. The molecule has 1 rings (SSSR count). The Bertz CT molecular complexity index is 158. The lowest BCUT2D eigenvalue weighted by molar-refractivity contribution is 0.0565. The van der Waals surface area contributed by atoms with Crippen molar-refractivity contribution < 1.29 is 9.47 Å². The first kappa shape index (κ1) is 13.9. The average molecular weight is 229 g/mol. The van der Waals surface area contributed by atoms with Gasteiger partial charge < -0.3 is 14.8 Å². The number of nitrogens with one attached hydrogen (secondary N) is 1. The third kappa shape index (κ3) is 6.46. The van der Waals surface area contributed by atoms with Gasteiger partial charge in [-0.15, -0.1) is 0 Å². The lowest BCUT2D eigenvalue weighted by Gasteiger charge is -2.14. The zero-order valence-corrected chi connectivity index (χ0v) is 10.8. The SMILES string of the molecule is COCCC(C)NCCCOC1CCCC1. The molecule has 0 aromatic rings. The van der Waals surface area contributed by atoms with Crippen molar-refractivity contribution in [1.82, 2.24) is 5.32 Å². The minimum Gasteiger partial charge on any atom is -0.385 e. The Labute approximate surface area is 99.9 Å². The second kappa shape index (κ2) is 8.97. The van der Waals surface area contributed by atoms with Crippen molar-refractivity contribution in [1.29, 1.82) is 0 Å². The van der Waals surface area contributed by atoms with Crippen LogP contribution in [-0.4, -0.2) is 39.0 Å². The largest absolute Gasteiger partial charge is 0.385 e. The van der Waals surface area contributed by atoms with Crippen LogP contribution in [0.3, 0.4) is 0 Å². The zero-order chi connectivity index (χ0) is 11.6. The van der Waals surface area contributed by atoms with E-state index in [1.54, 1.807) is 7.11 Å². The van der Waals surface area contributed by atoms with E-state index in [1.165, 1.54) is 25.7 Å². The van der Waals surface area contributed by atoms with Gasteiger partial charge in [0.05, 0.1) is 6.10 Å². The van der Waals surface area contributed by atoms with Gasteiger partial charge in [-0.3, -0.25) is 0 Å². The van der Waals surface area contributed by atoms with Gasteiger partial charge in [-0.05, 0) is 39.2 Å². The fourth-order valence-electron chi connectivity index (χ4n) is 2.12. The Morgan fingerprint density at radius 3 is 2.69 bits per heavy atom. The third-order valence-corrected chi connectivity index (χ3v) is 3.22. The maximum atomic E-state index is 5.80. The van der Waals surface area contributed by atoms with E-state index in [2.05, 4.69) is 12.2 Å². The topological polar surface area (TPSA) is 30.5 Å². The molecule has 1 unspecified atom stereocenters. The molecule has 0 spiro atoms. The molecular weight excluding hydrogens is 202 g/mol. The van der Waals surface area contributed by atoms with Gasteiger partial charge >= 0.3 is 0 Å². The molecule has 1 atom stereocenters. The predicted molar refractivity (Wildman–Crippen MR) is 66.8 cm³/mol. The molecule has 0 bridgehead atoms. The molecule has 1 fully saturated rings. The molecular formula is C13H27NO2. The fourth-order valence-corrected chi connectivity index (χ4v) is 2.12. The van der Waals surface area contributed by atoms with Crippen molar-refractivity contribution in [2.45, 2.75) is 57.6 Å². The van der Waals surface area contributed by atoms with Gasteiger partial charge in [-0.1, -0.05) is 12.8 Å². The van der Waals surface area contributed by atoms with Crippen molar-refractivity contribution in [2.24, 2.45) is 0 Å². The maximum Gasteiger partial charge on any atom is 0.0575 e. The van der Waals surface area contributed by atoms with Gasteiger partial charge in [-0.2, -0.15) is 0 Å². The van der Waals surface area contributed by atoms with E-state index in [4.69, 9.17) is 9.47 Å². The third-order valence-electron chi connectivity index (χ3n) is 3.22. The second-order valence-electron chi connectivity index (χ2n) is 4.77. The molecule has 16 heavy (non-hydrogen) atoms. The molecule has 3 heteroatoms. The van der Waals surface area contributed by atoms with Crippen LogP contribution in [0, 0.1) is 0 Å². The fraction of sp³-hybridized carbons (Fsp3) is 1.00. The van der Waals surface area contributed by atoms with Crippen molar-refractivity contribution in [3.63, 3.8) is 0 Å². The lowest BCUT2D eigenvalue weighted by atomic mass is 10.2. The molecule has 0 saturated heterocycles. The first-order valence-electron chi connectivity index (χ1n) is 6.67. The van der Waals surface area contributed by atoms with E-state index in [-0.39, 0.29) is 0 Å². The molecule has 0 amide bonds. The highest BCUT2D eigenvalue weighted by Gasteiger charge is 2.14. The van der Waals surface area contributed by atoms with Crippen LogP contribution < -0.4 is 5.32 Å². The molecule has 1 aliphatic carbocycles. The number of hydrogen-bond acceptors (Lipinski definition) is 3. The van der Waals surface area contributed by atoms with Gasteiger partial charge in [0.25, 0.3) is 0 Å². The summed E-state index contributed by atoms with van der Waals surface area (Å²) >= 11 is 0. The van der Waals surface area contributed by atoms with Crippen LogP contribution in [0.15, 0.2) is 0 Å². The quantitative estimate of drug-likeness (QED) is 0.616.